The van der Waals surface area contributed by atoms with Gasteiger partial charge in [-0.1, -0.05) is 18.2 Å². The predicted octanol–water partition coefficient (Wildman–Crippen LogP) is 3.27. The maximum atomic E-state index is 12.1. The average Bonchev–Trinajstić information content (AvgIpc) is 3.14. The zero-order chi connectivity index (χ0) is 22.9. The van der Waals surface area contributed by atoms with E-state index in [2.05, 4.69) is 26.0 Å². The Hall–Kier alpha value is -3.03. The van der Waals surface area contributed by atoms with Crippen molar-refractivity contribution in [2.75, 3.05) is 19.6 Å². The minimum absolute atomic E-state index is 0.410. The van der Waals surface area contributed by atoms with Crippen LogP contribution < -0.4 is 16.0 Å². The number of alkyl carbamates (subject to hydrolysis) is 1. The normalized spacial score (nSPS) is 12.4. The molecule has 3 N–H and O–H groups in total. The smallest absolute Gasteiger partial charge is 0.408 e. The second-order valence-corrected chi connectivity index (χ2v) is 9.01. The zero-order valence-corrected chi connectivity index (χ0v) is 19.5. The molecule has 1 aromatic heterocycles. The summed E-state index contributed by atoms with van der Waals surface area (Å²) in [4.78, 5) is 16.7. The Morgan fingerprint density at radius 2 is 1.84 bits per heavy atom. The number of aliphatic imine (C=N–C) groups is 1. The first-order valence-corrected chi connectivity index (χ1v) is 10.7. The monoisotopic (exact) mass is 428 g/mol. The third kappa shape index (κ3) is 9.11. The van der Waals surface area contributed by atoms with Crippen molar-refractivity contribution in [3.05, 3.63) is 48.3 Å². The van der Waals surface area contributed by atoms with E-state index >= 15 is 0 Å². The molecule has 0 spiro atoms. The summed E-state index contributed by atoms with van der Waals surface area (Å²) in [5.41, 5.74) is 1.10. The number of carbonyl (C=O) groups excluding carboxylic acids is 1. The fourth-order valence-electron chi connectivity index (χ4n) is 2.77. The van der Waals surface area contributed by atoms with Crippen LogP contribution in [-0.2, 0) is 11.2 Å². The third-order valence-electron chi connectivity index (χ3n) is 4.18. The highest BCUT2D eigenvalue weighted by atomic mass is 16.6. The molecule has 170 valence electrons. The number of ether oxygens (including phenoxy) is 1. The number of aromatic nitrogens is 2. The van der Waals surface area contributed by atoms with E-state index in [4.69, 9.17) is 4.74 Å². The van der Waals surface area contributed by atoms with Gasteiger partial charge in [-0.15, -0.1) is 0 Å². The van der Waals surface area contributed by atoms with Crippen molar-refractivity contribution in [2.24, 2.45) is 4.99 Å². The van der Waals surface area contributed by atoms with Crippen LogP contribution in [0.25, 0.3) is 5.69 Å². The van der Waals surface area contributed by atoms with Gasteiger partial charge in [0.15, 0.2) is 5.96 Å². The minimum atomic E-state index is -0.540. The van der Waals surface area contributed by atoms with E-state index in [9.17, 15) is 4.79 Å². The molecule has 0 saturated heterocycles. The summed E-state index contributed by atoms with van der Waals surface area (Å²) in [5, 5.41) is 13.9. The van der Waals surface area contributed by atoms with Crippen LogP contribution in [0.1, 0.15) is 47.1 Å². The van der Waals surface area contributed by atoms with E-state index in [1.807, 2.05) is 88.9 Å². The van der Waals surface area contributed by atoms with Crippen molar-refractivity contribution in [1.82, 2.24) is 25.7 Å². The van der Waals surface area contributed by atoms with Crippen LogP contribution in [0.4, 0.5) is 4.79 Å². The molecule has 0 fully saturated rings. The lowest BCUT2D eigenvalue weighted by Gasteiger charge is -2.27. The molecule has 0 aliphatic heterocycles. The summed E-state index contributed by atoms with van der Waals surface area (Å²) in [5.74, 6) is 0.706. The number of guanidine groups is 1. The topological polar surface area (TPSA) is 92.6 Å². The lowest BCUT2D eigenvalue weighted by Crippen LogP contribution is -2.49. The van der Waals surface area contributed by atoms with E-state index in [1.165, 1.54) is 0 Å². The summed E-state index contributed by atoms with van der Waals surface area (Å²) in [6.07, 6.45) is 4.29. The number of amides is 1. The number of nitrogens with one attached hydrogen (secondary N) is 3. The minimum Gasteiger partial charge on any atom is -0.444 e. The van der Waals surface area contributed by atoms with Gasteiger partial charge >= 0.3 is 6.09 Å². The van der Waals surface area contributed by atoms with Crippen molar-refractivity contribution in [3.8, 4) is 5.69 Å². The van der Waals surface area contributed by atoms with Crippen LogP contribution in [0.3, 0.4) is 0 Å². The van der Waals surface area contributed by atoms with Crippen molar-refractivity contribution in [3.63, 3.8) is 0 Å². The molecule has 0 atom stereocenters. The Balaban J connectivity index is 1.87. The summed E-state index contributed by atoms with van der Waals surface area (Å²) in [6.45, 7) is 13.3. The first-order chi connectivity index (χ1) is 14.6. The van der Waals surface area contributed by atoms with Crippen molar-refractivity contribution in [1.29, 1.82) is 0 Å². The number of nitrogens with zero attached hydrogens (tertiary/aromatic N) is 3. The van der Waals surface area contributed by atoms with Crippen LogP contribution in [0.5, 0.6) is 0 Å². The van der Waals surface area contributed by atoms with Gasteiger partial charge in [-0.05, 0) is 65.7 Å². The standard InChI is InChI=1S/C23H36N6O2/c1-7-24-20(26-17-23(5,6)28-21(30)31-22(2,3)4)25-14-13-18-15-27-29(16-18)19-11-9-8-10-12-19/h8-12,15-16H,7,13-14,17H2,1-6H3,(H,28,30)(H2,24,25,26). The van der Waals surface area contributed by atoms with Gasteiger partial charge in [-0.2, -0.15) is 5.10 Å². The summed E-state index contributed by atoms with van der Waals surface area (Å²) in [6, 6.07) is 10.0. The Kier molecular flexibility index (Phi) is 8.47. The molecule has 0 bridgehead atoms. The fraction of sp³-hybridized carbons (Fsp3) is 0.522. The largest absolute Gasteiger partial charge is 0.444 e. The van der Waals surface area contributed by atoms with Gasteiger partial charge < -0.3 is 20.7 Å². The molecule has 0 saturated carbocycles. The molecule has 0 radical (unpaired) electrons. The van der Waals surface area contributed by atoms with Gasteiger partial charge in [0, 0.05) is 19.3 Å². The van der Waals surface area contributed by atoms with E-state index in [0.29, 0.717) is 19.0 Å². The first-order valence-electron chi connectivity index (χ1n) is 10.7. The summed E-state index contributed by atoms with van der Waals surface area (Å²) in [7, 11) is 0. The molecule has 31 heavy (non-hydrogen) atoms. The summed E-state index contributed by atoms with van der Waals surface area (Å²) < 4.78 is 7.21. The second kappa shape index (κ2) is 10.8. The second-order valence-electron chi connectivity index (χ2n) is 9.01. The van der Waals surface area contributed by atoms with Gasteiger partial charge in [0.25, 0.3) is 0 Å². The van der Waals surface area contributed by atoms with Crippen LogP contribution >= 0.6 is 0 Å². The SMILES string of the molecule is CCNC(=NCC(C)(C)NC(=O)OC(C)(C)C)NCCc1cnn(-c2ccccc2)c1. The van der Waals surface area contributed by atoms with E-state index in [-0.39, 0.29) is 0 Å². The van der Waals surface area contributed by atoms with E-state index < -0.39 is 17.2 Å². The van der Waals surface area contributed by atoms with Gasteiger partial charge in [0.1, 0.15) is 5.60 Å². The van der Waals surface area contributed by atoms with Gasteiger partial charge in [-0.25, -0.2) is 9.48 Å². The van der Waals surface area contributed by atoms with E-state index in [0.717, 1.165) is 24.2 Å². The number of para-hydroxylation sites is 1. The predicted molar refractivity (Wildman–Crippen MR) is 125 cm³/mol. The Morgan fingerprint density at radius 3 is 2.48 bits per heavy atom. The molecular formula is C23H36N6O2. The van der Waals surface area contributed by atoms with Crippen LogP contribution in [0.15, 0.2) is 47.7 Å². The van der Waals surface area contributed by atoms with Crippen molar-refractivity contribution >= 4 is 12.1 Å². The molecule has 8 nitrogen and oxygen atoms in total. The van der Waals surface area contributed by atoms with Crippen molar-refractivity contribution in [2.45, 2.75) is 59.1 Å². The molecule has 0 unspecified atom stereocenters. The number of benzene rings is 1. The molecule has 1 heterocycles. The lowest BCUT2D eigenvalue weighted by molar-refractivity contribution is 0.0476. The lowest BCUT2D eigenvalue weighted by atomic mass is 10.1. The van der Waals surface area contributed by atoms with Crippen molar-refractivity contribution < 1.29 is 9.53 Å². The van der Waals surface area contributed by atoms with E-state index in [1.54, 1.807) is 0 Å². The third-order valence-corrected chi connectivity index (χ3v) is 4.18. The molecule has 1 aromatic carbocycles. The number of rotatable bonds is 8. The van der Waals surface area contributed by atoms with Gasteiger partial charge in [0.2, 0.25) is 0 Å². The van der Waals surface area contributed by atoms with Crippen LogP contribution in [-0.4, -0.2) is 52.6 Å². The molecule has 8 heteroatoms. The maximum Gasteiger partial charge on any atom is 0.408 e. The van der Waals surface area contributed by atoms with Gasteiger partial charge in [0.05, 0.1) is 24.0 Å². The molecule has 2 aromatic rings. The molecule has 0 aliphatic rings. The number of hydrogen-bond donors (Lipinski definition) is 3. The Morgan fingerprint density at radius 1 is 1.13 bits per heavy atom. The highest BCUT2D eigenvalue weighted by molar-refractivity contribution is 5.79. The zero-order valence-electron chi connectivity index (χ0n) is 19.5. The maximum absolute atomic E-state index is 12.1. The Labute approximate surface area is 185 Å². The average molecular weight is 429 g/mol. The quantitative estimate of drug-likeness (QED) is 0.443. The highest BCUT2D eigenvalue weighted by Gasteiger charge is 2.24. The fourth-order valence-corrected chi connectivity index (χ4v) is 2.77. The number of hydrogen-bond acceptors (Lipinski definition) is 4. The van der Waals surface area contributed by atoms with Gasteiger partial charge in [-0.3, -0.25) is 4.99 Å². The molecule has 0 aliphatic carbocycles. The summed E-state index contributed by atoms with van der Waals surface area (Å²) >= 11 is 0. The van der Waals surface area contributed by atoms with Crippen LogP contribution in [0.2, 0.25) is 0 Å². The first kappa shape index (κ1) is 24.2. The molecular weight excluding hydrogens is 392 g/mol. The highest BCUT2D eigenvalue weighted by Crippen LogP contribution is 2.10. The van der Waals surface area contributed by atoms with Crippen LogP contribution in [0, 0.1) is 0 Å². The number of carbonyl (C=O) groups is 1. The molecule has 1 amide bonds. The molecule has 2 rings (SSSR count). The Bertz CT molecular complexity index is 852.